The van der Waals surface area contributed by atoms with Crippen LogP contribution in [0.25, 0.3) is 0 Å². The zero-order valence-electron chi connectivity index (χ0n) is 9.67. The Kier molecular flexibility index (Phi) is 3.12. The lowest BCUT2D eigenvalue weighted by Crippen LogP contribution is -2.39. The van der Waals surface area contributed by atoms with E-state index in [-0.39, 0.29) is 17.6 Å². The molecule has 0 aliphatic carbocycles. The van der Waals surface area contributed by atoms with Gasteiger partial charge in [0.2, 0.25) is 5.91 Å². The van der Waals surface area contributed by atoms with E-state index in [1.54, 1.807) is 22.7 Å². The smallest absolute Gasteiger partial charge is 0.356 e. The van der Waals surface area contributed by atoms with Gasteiger partial charge in [-0.2, -0.15) is 5.10 Å². The van der Waals surface area contributed by atoms with Gasteiger partial charge in [-0.05, 0) is 18.9 Å². The summed E-state index contributed by atoms with van der Waals surface area (Å²) in [5.41, 5.74) is 0.0462. The molecular formula is C11H15N3O3. The average molecular weight is 237 g/mol. The molecule has 1 amide bonds. The van der Waals surface area contributed by atoms with Crippen LogP contribution in [0.3, 0.4) is 0 Å². The number of nitrogens with zero attached hydrogens (tertiary/aromatic N) is 3. The van der Waals surface area contributed by atoms with E-state index in [2.05, 4.69) is 5.10 Å². The summed E-state index contributed by atoms with van der Waals surface area (Å²) in [6, 6.07) is 1.57. The third kappa shape index (κ3) is 2.46. The fourth-order valence-electron chi connectivity index (χ4n) is 2.11. The Balaban J connectivity index is 2.10. The van der Waals surface area contributed by atoms with Gasteiger partial charge < -0.3 is 10.0 Å². The van der Waals surface area contributed by atoms with Gasteiger partial charge in [0.05, 0.1) is 6.04 Å². The van der Waals surface area contributed by atoms with E-state index in [1.807, 2.05) is 0 Å². The minimum absolute atomic E-state index is 0.0462. The lowest BCUT2D eigenvalue weighted by atomic mass is 10.1. The van der Waals surface area contributed by atoms with Crippen LogP contribution in [-0.4, -0.2) is 44.8 Å². The summed E-state index contributed by atoms with van der Waals surface area (Å²) in [5.74, 6) is -0.969. The zero-order chi connectivity index (χ0) is 12.4. The number of rotatable bonds is 2. The van der Waals surface area contributed by atoms with E-state index < -0.39 is 5.97 Å². The predicted molar refractivity (Wildman–Crippen MR) is 59.7 cm³/mol. The van der Waals surface area contributed by atoms with Crippen LogP contribution >= 0.6 is 0 Å². The lowest BCUT2D eigenvalue weighted by molar-refractivity contribution is -0.130. The van der Waals surface area contributed by atoms with Crippen molar-refractivity contribution in [1.29, 1.82) is 0 Å². The van der Waals surface area contributed by atoms with Crippen LogP contribution in [-0.2, 0) is 4.79 Å². The second-order valence-electron chi connectivity index (χ2n) is 4.25. The van der Waals surface area contributed by atoms with Gasteiger partial charge >= 0.3 is 5.97 Å². The molecule has 6 nitrogen and oxygen atoms in total. The molecule has 1 fully saturated rings. The zero-order valence-corrected chi connectivity index (χ0v) is 9.67. The number of carboxylic acids is 1. The van der Waals surface area contributed by atoms with Crippen molar-refractivity contribution in [1.82, 2.24) is 14.7 Å². The maximum Gasteiger partial charge on any atom is 0.356 e. The fraction of sp³-hybridized carbons (Fsp3) is 0.545. The number of carbonyl (C=O) groups excluding carboxylic acids is 1. The highest BCUT2D eigenvalue weighted by atomic mass is 16.4. The Hall–Kier alpha value is -1.85. The van der Waals surface area contributed by atoms with Crippen molar-refractivity contribution in [2.24, 2.45) is 0 Å². The molecule has 1 aromatic heterocycles. The van der Waals surface area contributed by atoms with Gasteiger partial charge in [-0.25, -0.2) is 4.79 Å². The van der Waals surface area contributed by atoms with Crippen LogP contribution < -0.4 is 0 Å². The molecule has 1 aromatic rings. The number of aromatic nitrogens is 2. The predicted octanol–water partition coefficient (Wildman–Crippen LogP) is 0.765. The molecule has 92 valence electrons. The second kappa shape index (κ2) is 4.57. The van der Waals surface area contributed by atoms with Gasteiger partial charge in [0.1, 0.15) is 0 Å². The van der Waals surface area contributed by atoms with Crippen molar-refractivity contribution in [2.45, 2.75) is 25.8 Å². The summed E-state index contributed by atoms with van der Waals surface area (Å²) in [7, 11) is 0. The van der Waals surface area contributed by atoms with Crippen LogP contribution in [0.4, 0.5) is 0 Å². The van der Waals surface area contributed by atoms with E-state index in [1.165, 1.54) is 6.07 Å². The first-order chi connectivity index (χ1) is 8.08. The van der Waals surface area contributed by atoms with Crippen molar-refractivity contribution >= 4 is 11.9 Å². The topological polar surface area (TPSA) is 75.4 Å². The molecule has 2 rings (SSSR count). The van der Waals surface area contributed by atoms with E-state index in [0.717, 1.165) is 19.4 Å². The van der Waals surface area contributed by atoms with E-state index in [4.69, 9.17) is 5.11 Å². The quantitative estimate of drug-likeness (QED) is 0.824. The van der Waals surface area contributed by atoms with Gasteiger partial charge in [0.15, 0.2) is 5.69 Å². The third-order valence-electron chi connectivity index (χ3n) is 3.04. The summed E-state index contributed by atoms with van der Waals surface area (Å²) < 4.78 is 1.65. The molecule has 1 aliphatic heterocycles. The van der Waals surface area contributed by atoms with Gasteiger partial charge in [-0.3, -0.25) is 9.48 Å². The second-order valence-corrected chi connectivity index (χ2v) is 4.25. The highest BCUT2D eigenvalue weighted by Gasteiger charge is 2.23. The molecule has 1 unspecified atom stereocenters. The van der Waals surface area contributed by atoms with E-state index >= 15 is 0 Å². The summed E-state index contributed by atoms with van der Waals surface area (Å²) in [5, 5.41) is 12.8. The van der Waals surface area contributed by atoms with Crippen molar-refractivity contribution in [3.05, 3.63) is 18.0 Å². The monoisotopic (exact) mass is 237 g/mol. The van der Waals surface area contributed by atoms with Crippen LogP contribution in [0.2, 0.25) is 0 Å². The number of carbonyl (C=O) groups is 2. The number of hydrogen-bond acceptors (Lipinski definition) is 3. The fourth-order valence-corrected chi connectivity index (χ4v) is 2.11. The number of hydrogen-bond donors (Lipinski definition) is 1. The Labute approximate surface area is 98.8 Å². The normalized spacial score (nSPS) is 20.3. The van der Waals surface area contributed by atoms with Crippen molar-refractivity contribution < 1.29 is 14.7 Å². The molecule has 0 spiro atoms. The molecule has 1 saturated heterocycles. The molecule has 6 heteroatoms. The van der Waals surface area contributed by atoms with Crippen molar-refractivity contribution in [3.63, 3.8) is 0 Å². The highest BCUT2D eigenvalue weighted by molar-refractivity contribution is 5.85. The maximum absolute atomic E-state index is 11.3. The molecule has 0 aromatic carbocycles. The molecule has 0 saturated carbocycles. The summed E-state index contributed by atoms with van der Waals surface area (Å²) in [4.78, 5) is 23.8. The average Bonchev–Trinajstić information content (AvgIpc) is 2.78. The molecule has 0 radical (unpaired) electrons. The van der Waals surface area contributed by atoms with Gasteiger partial charge in [-0.1, -0.05) is 0 Å². The first-order valence-corrected chi connectivity index (χ1v) is 5.62. The van der Waals surface area contributed by atoms with Crippen LogP contribution in [0.1, 0.15) is 36.3 Å². The largest absolute Gasteiger partial charge is 0.476 e. The molecule has 17 heavy (non-hydrogen) atoms. The summed E-state index contributed by atoms with van der Waals surface area (Å²) in [6.45, 7) is 2.93. The maximum atomic E-state index is 11.3. The SMILES string of the molecule is CC(=O)N1CCCC(n2ccc(C(=O)O)n2)C1. The summed E-state index contributed by atoms with van der Waals surface area (Å²) in [6.07, 6.45) is 3.51. The lowest BCUT2D eigenvalue weighted by Gasteiger charge is -2.32. The van der Waals surface area contributed by atoms with Crippen LogP contribution in [0, 0.1) is 0 Å². The number of amides is 1. The van der Waals surface area contributed by atoms with Gasteiger partial charge in [-0.15, -0.1) is 0 Å². The summed E-state index contributed by atoms with van der Waals surface area (Å²) >= 11 is 0. The highest BCUT2D eigenvalue weighted by Crippen LogP contribution is 2.21. The molecule has 1 atom stereocenters. The van der Waals surface area contributed by atoms with Crippen molar-refractivity contribution in [2.75, 3.05) is 13.1 Å². The first kappa shape index (κ1) is 11.6. The van der Waals surface area contributed by atoms with E-state index in [9.17, 15) is 9.59 Å². The van der Waals surface area contributed by atoms with Crippen LogP contribution in [0.5, 0.6) is 0 Å². The van der Waals surface area contributed by atoms with Crippen LogP contribution in [0.15, 0.2) is 12.3 Å². The Morgan fingerprint density at radius 2 is 2.29 bits per heavy atom. The third-order valence-corrected chi connectivity index (χ3v) is 3.04. The van der Waals surface area contributed by atoms with E-state index in [0.29, 0.717) is 6.54 Å². The van der Waals surface area contributed by atoms with Gasteiger partial charge in [0, 0.05) is 26.2 Å². The molecule has 0 bridgehead atoms. The minimum Gasteiger partial charge on any atom is -0.476 e. The molecule has 1 N–H and O–H groups in total. The Morgan fingerprint density at radius 3 is 2.88 bits per heavy atom. The number of piperidine rings is 1. The number of likely N-dealkylation sites (tertiary alicyclic amines) is 1. The number of aromatic carboxylic acids is 1. The number of carboxylic acid groups (broad SMARTS) is 1. The molecular weight excluding hydrogens is 222 g/mol. The standard InChI is InChI=1S/C11H15N3O3/c1-8(15)13-5-2-3-9(7-13)14-6-4-10(12-14)11(16)17/h4,6,9H,2-3,5,7H2,1H3,(H,16,17). The minimum atomic E-state index is -1.03. The van der Waals surface area contributed by atoms with Crippen molar-refractivity contribution in [3.8, 4) is 0 Å². The van der Waals surface area contributed by atoms with Gasteiger partial charge in [0.25, 0.3) is 0 Å². The Bertz CT molecular complexity index is 441. The molecule has 2 heterocycles. The Morgan fingerprint density at radius 1 is 1.53 bits per heavy atom. The molecule has 1 aliphatic rings. The first-order valence-electron chi connectivity index (χ1n) is 5.62.